The number of hydrogen-bond donors (Lipinski definition) is 1. The first-order valence-electron chi connectivity index (χ1n) is 6.00. The molecule has 0 radical (unpaired) electrons. The second-order valence-electron chi connectivity index (χ2n) is 4.90. The summed E-state index contributed by atoms with van der Waals surface area (Å²) in [7, 11) is 1.86. The number of hydrogen-bond acceptors (Lipinski definition) is 2. The molecule has 0 amide bonds. The zero-order chi connectivity index (χ0) is 13.4. The summed E-state index contributed by atoms with van der Waals surface area (Å²) in [6, 6.07) is 4.97. The van der Waals surface area contributed by atoms with Crippen LogP contribution in [0.3, 0.4) is 0 Å². The van der Waals surface area contributed by atoms with Gasteiger partial charge in [-0.1, -0.05) is 25.5 Å². The second-order valence-corrected chi connectivity index (χ2v) is 4.90. The summed E-state index contributed by atoms with van der Waals surface area (Å²) in [6.07, 6.45) is 0. The van der Waals surface area contributed by atoms with E-state index in [4.69, 9.17) is 5.73 Å². The van der Waals surface area contributed by atoms with Crippen molar-refractivity contribution in [2.45, 2.75) is 26.7 Å². The van der Waals surface area contributed by atoms with Gasteiger partial charge in [0.25, 0.3) is 0 Å². The van der Waals surface area contributed by atoms with Crippen molar-refractivity contribution in [3.63, 3.8) is 0 Å². The van der Waals surface area contributed by atoms with Gasteiger partial charge in [-0.15, -0.1) is 0 Å². The summed E-state index contributed by atoms with van der Waals surface area (Å²) < 4.78 is 15.7. The number of anilines is 1. The lowest BCUT2D eigenvalue weighted by Crippen LogP contribution is -2.03. The largest absolute Gasteiger partial charge is 0.383 e. The number of nitrogen functional groups attached to an aromatic ring is 1. The number of aryl methyl sites for hydroxylation is 1. The number of nitrogens with two attached hydrogens (primary N) is 1. The van der Waals surface area contributed by atoms with Crippen LogP contribution >= 0.6 is 0 Å². The number of nitrogens with zero attached hydrogens (tertiary/aromatic N) is 2. The first kappa shape index (κ1) is 12.6. The standard InChI is InChI=1S/C14H18FN3/c1-8(2)14-17-12(13(16)18(14)4)10-7-9(3)5-6-11(10)15/h5-8H,16H2,1-4H3. The molecular formula is C14H18FN3. The third kappa shape index (κ3) is 1.98. The Morgan fingerprint density at radius 1 is 1.33 bits per heavy atom. The molecule has 2 aromatic rings. The van der Waals surface area contributed by atoms with E-state index in [1.807, 2.05) is 32.4 Å². The lowest BCUT2D eigenvalue weighted by Gasteiger charge is -2.04. The quantitative estimate of drug-likeness (QED) is 0.885. The third-order valence-corrected chi connectivity index (χ3v) is 3.07. The molecule has 4 heteroatoms. The van der Waals surface area contributed by atoms with Crippen LogP contribution < -0.4 is 5.73 Å². The van der Waals surface area contributed by atoms with Crippen molar-refractivity contribution in [1.29, 1.82) is 0 Å². The normalized spacial score (nSPS) is 11.2. The third-order valence-electron chi connectivity index (χ3n) is 3.07. The van der Waals surface area contributed by atoms with E-state index in [1.165, 1.54) is 6.07 Å². The van der Waals surface area contributed by atoms with Gasteiger partial charge in [-0.25, -0.2) is 9.37 Å². The van der Waals surface area contributed by atoms with Gasteiger partial charge in [0.05, 0.1) is 0 Å². The average Bonchev–Trinajstić information content (AvgIpc) is 2.60. The SMILES string of the molecule is Cc1ccc(F)c(-c2nc(C(C)C)n(C)c2N)c1. The molecule has 0 saturated carbocycles. The van der Waals surface area contributed by atoms with Gasteiger partial charge in [0.15, 0.2) is 0 Å². The van der Waals surface area contributed by atoms with Crippen LogP contribution in [-0.4, -0.2) is 9.55 Å². The van der Waals surface area contributed by atoms with Crippen molar-refractivity contribution in [3.8, 4) is 11.3 Å². The molecule has 0 aliphatic heterocycles. The van der Waals surface area contributed by atoms with Crippen LogP contribution in [0, 0.1) is 12.7 Å². The maximum atomic E-state index is 13.9. The van der Waals surface area contributed by atoms with Gasteiger partial charge in [-0.05, 0) is 19.1 Å². The minimum atomic E-state index is -0.291. The molecule has 0 spiro atoms. The molecule has 0 saturated heterocycles. The molecule has 0 unspecified atom stereocenters. The zero-order valence-electron chi connectivity index (χ0n) is 11.2. The molecule has 0 aliphatic carbocycles. The number of imidazole rings is 1. The van der Waals surface area contributed by atoms with E-state index in [0.29, 0.717) is 17.1 Å². The Bertz CT molecular complexity index is 585. The van der Waals surface area contributed by atoms with Crippen molar-refractivity contribution in [1.82, 2.24) is 9.55 Å². The number of halogens is 1. The minimum absolute atomic E-state index is 0.249. The molecule has 2 rings (SSSR count). The summed E-state index contributed by atoms with van der Waals surface area (Å²) in [5, 5.41) is 0. The summed E-state index contributed by atoms with van der Waals surface area (Å²) in [6.45, 7) is 6.00. The highest BCUT2D eigenvalue weighted by Crippen LogP contribution is 2.30. The van der Waals surface area contributed by atoms with Crippen LogP contribution in [0.15, 0.2) is 18.2 Å². The van der Waals surface area contributed by atoms with Crippen LogP contribution in [0.2, 0.25) is 0 Å². The molecule has 1 aromatic carbocycles. The molecule has 2 N–H and O–H groups in total. The van der Waals surface area contributed by atoms with Gasteiger partial charge in [0.1, 0.15) is 23.2 Å². The van der Waals surface area contributed by atoms with Crippen LogP contribution in [0.5, 0.6) is 0 Å². The molecule has 96 valence electrons. The highest BCUT2D eigenvalue weighted by molar-refractivity contribution is 5.72. The zero-order valence-corrected chi connectivity index (χ0v) is 11.2. The molecular weight excluding hydrogens is 229 g/mol. The first-order chi connectivity index (χ1) is 8.41. The maximum Gasteiger partial charge on any atom is 0.132 e. The van der Waals surface area contributed by atoms with E-state index in [-0.39, 0.29) is 11.7 Å². The molecule has 1 aromatic heterocycles. The van der Waals surface area contributed by atoms with E-state index < -0.39 is 0 Å². The number of benzene rings is 1. The van der Waals surface area contributed by atoms with Gasteiger partial charge in [0, 0.05) is 18.5 Å². The Labute approximate surface area is 106 Å². The predicted molar refractivity (Wildman–Crippen MR) is 71.8 cm³/mol. The summed E-state index contributed by atoms with van der Waals surface area (Å²) >= 11 is 0. The summed E-state index contributed by atoms with van der Waals surface area (Å²) in [4.78, 5) is 4.48. The smallest absolute Gasteiger partial charge is 0.132 e. The predicted octanol–water partition coefficient (Wildman–Crippen LogP) is 3.24. The topological polar surface area (TPSA) is 43.8 Å². The van der Waals surface area contributed by atoms with Crippen LogP contribution in [0.4, 0.5) is 10.2 Å². The van der Waals surface area contributed by atoms with Crippen molar-refractivity contribution in [2.24, 2.45) is 7.05 Å². The Morgan fingerprint density at radius 2 is 2.00 bits per heavy atom. The fourth-order valence-corrected chi connectivity index (χ4v) is 2.06. The van der Waals surface area contributed by atoms with Gasteiger partial charge < -0.3 is 10.3 Å². The van der Waals surface area contributed by atoms with Crippen LogP contribution in [-0.2, 0) is 7.05 Å². The fraction of sp³-hybridized carbons (Fsp3) is 0.357. The Kier molecular flexibility index (Phi) is 3.11. The maximum absolute atomic E-state index is 13.9. The van der Waals surface area contributed by atoms with Gasteiger partial charge in [-0.3, -0.25) is 0 Å². The van der Waals surface area contributed by atoms with Crippen LogP contribution in [0.1, 0.15) is 31.2 Å². The van der Waals surface area contributed by atoms with E-state index in [0.717, 1.165) is 11.4 Å². The van der Waals surface area contributed by atoms with Gasteiger partial charge in [0.2, 0.25) is 0 Å². The first-order valence-corrected chi connectivity index (χ1v) is 6.00. The average molecular weight is 247 g/mol. The summed E-state index contributed by atoms with van der Waals surface area (Å²) in [5.74, 6) is 1.33. The van der Waals surface area contributed by atoms with Crippen molar-refractivity contribution < 1.29 is 4.39 Å². The lowest BCUT2D eigenvalue weighted by molar-refractivity contribution is 0.630. The van der Waals surface area contributed by atoms with E-state index in [2.05, 4.69) is 4.98 Å². The van der Waals surface area contributed by atoms with E-state index in [1.54, 1.807) is 12.1 Å². The van der Waals surface area contributed by atoms with Crippen molar-refractivity contribution in [3.05, 3.63) is 35.4 Å². The molecule has 18 heavy (non-hydrogen) atoms. The molecule has 1 heterocycles. The fourth-order valence-electron chi connectivity index (χ4n) is 2.06. The summed E-state index contributed by atoms with van der Waals surface area (Å²) in [5.41, 5.74) is 8.01. The Hall–Kier alpha value is -1.84. The number of rotatable bonds is 2. The highest BCUT2D eigenvalue weighted by atomic mass is 19.1. The van der Waals surface area contributed by atoms with Crippen LogP contribution in [0.25, 0.3) is 11.3 Å². The molecule has 0 bridgehead atoms. The van der Waals surface area contributed by atoms with Crippen molar-refractivity contribution >= 4 is 5.82 Å². The number of aromatic nitrogens is 2. The van der Waals surface area contributed by atoms with E-state index >= 15 is 0 Å². The Morgan fingerprint density at radius 3 is 2.56 bits per heavy atom. The van der Waals surface area contributed by atoms with Crippen molar-refractivity contribution in [2.75, 3.05) is 5.73 Å². The molecule has 3 nitrogen and oxygen atoms in total. The monoisotopic (exact) mass is 247 g/mol. The van der Waals surface area contributed by atoms with Gasteiger partial charge in [-0.2, -0.15) is 0 Å². The highest BCUT2D eigenvalue weighted by Gasteiger charge is 2.18. The second kappa shape index (κ2) is 4.44. The van der Waals surface area contributed by atoms with Gasteiger partial charge >= 0.3 is 0 Å². The minimum Gasteiger partial charge on any atom is -0.383 e. The lowest BCUT2D eigenvalue weighted by atomic mass is 10.1. The molecule has 0 atom stereocenters. The van der Waals surface area contributed by atoms with E-state index in [9.17, 15) is 4.39 Å². The Balaban J connectivity index is 2.64. The molecule has 0 aliphatic rings. The molecule has 0 fully saturated rings.